The number of carbonyl (C=O) groups is 2. The van der Waals surface area contributed by atoms with E-state index in [1.54, 1.807) is 7.11 Å². The van der Waals surface area contributed by atoms with Crippen molar-refractivity contribution < 1.29 is 23.8 Å². The molecule has 1 aliphatic heterocycles. The van der Waals surface area contributed by atoms with Gasteiger partial charge in [0.1, 0.15) is 18.6 Å². The van der Waals surface area contributed by atoms with Crippen LogP contribution in [0.5, 0.6) is 11.5 Å². The summed E-state index contributed by atoms with van der Waals surface area (Å²) in [5, 5.41) is 0. The lowest BCUT2D eigenvalue weighted by Gasteiger charge is -2.37. The second-order valence-corrected chi connectivity index (χ2v) is 11.9. The Morgan fingerprint density at radius 3 is 2.30 bits per heavy atom. The Labute approximate surface area is 253 Å². The molecule has 0 bridgehead atoms. The Balaban J connectivity index is 1.36. The van der Waals surface area contributed by atoms with E-state index in [-0.39, 0.29) is 23.8 Å². The van der Waals surface area contributed by atoms with Gasteiger partial charge >= 0.3 is 5.97 Å². The molecule has 1 saturated carbocycles. The SMILES string of the molecule is COc1cc([C@H]2C3=C(C[C@@H](c4ccccc4)CC3=O)N=C(C)C2C(=O)OC2CCCCC2)ccc1OCc1ccccc1. The smallest absolute Gasteiger partial charge is 0.315 e. The maximum absolute atomic E-state index is 14.0. The summed E-state index contributed by atoms with van der Waals surface area (Å²) in [5.41, 5.74) is 5.10. The van der Waals surface area contributed by atoms with Gasteiger partial charge in [0.2, 0.25) is 0 Å². The van der Waals surface area contributed by atoms with Gasteiger partial charge in [-0.3, -0.25) is 14.6 Å². The lowest BCUT2D eigenvalue weighted by atomic mass is 9.69. The first kappa shape index (κ1) is 28.9. The van der Waals surface area contributed by atoms with Crippen molar-refractivity contribution >= 4 is 17.5 Å². The fraction of sp³-hybridized carbons (Fsp3) is 0.378. The number of nitrogens with zero attached hydrogens (tertiary/aromatic N) is 1. The second-order valence-electron chi connectivity index (χ2n) is 11.9. The monoisotopic (exact) mass is 577 g/mol. The van der Waals surface area contributed by atoms with Crippen LogP contribution in [0.25, 0.3) is 0 Å². The van der Waals surface area contributed by atoms with Crippen LogP contribution >= 0.6 is 0 Å². The lowest BCUT2D eigenvalue weighted by Crippen LogP contribution is -2.39. The van der Waals surface area contributed by atoms with Crippen LogP contribution in [0.2, 0.25) is 0 Å². The third-order valence-electron chi connectivity index (χ3n) is 9.03. The largest absolute Gasteiger partial charge is 0.493 e. The highest BCUT2D eigenvalue weighted by Crippen LogP contribution is 2.48. The third-order valence-corrected chi connectivity index (χ3v) is 9.03. The van der Waals surface area contributed by atoms with E-state index in [4.69, 9.17) is 19.2 Å². The van der Waals surface area contributed by atoms with Gasteiger partial charge in [-0.05, 0) is 73.8 Å². The molecule has 3 aromatic carbocycles. The van der Waals surface area contributed by atoms with Crippen LogP contribution in [0.1, 0.15) is 80.4 Å². The highest BCUT2D eigenvalue weighted by molar-refractivity contribution is 6.09. The number of hydrogen-bond donors (Lipinski definition) is 0. The van der Waals surface area contributed by atoms with Gasteiger partial charge in [0, 0.05) is 29.3 Å². The molecule has 3 aliphatic rings. The summed E-state index contributed by atoms with van der Waals surface area (Å²) in [6.45, 7) is 2.30. The molecule has 0 amide bonds. The summed E-state index contributed by atoms with van der Waals surface area (Å²) < 4.78 is 18.0. The van der Waals surface area contributed by atoms with E-state index in [0.29, 0.717) is 42.2 Å². The Morgan fingerprint density at radius 1 is 0.860 bits per heavy atom. The van der Waals surface area contributed by atoms with Crippen molar-refractivity contribution in [1.29, 1.82) is 0 Å². The molecule has 1 heterocycles. The average molecular weight is 578 g/mol. The molecule has 1 unspecified atom stereocenters. The van der Waals surface area contributed by atoms with Crippen LogP contribution in [0.3, 0.4) is 0 Å². The summed E-state index contributed by atoms with van der Waals surface area (Å²) in [4.78, 5) is 32.9. The first-order valence-corrected chi connectivity index (χ1v) is 15.4. The van der Waals surface area contributed by atoms with Gasteiger partial charge in [-0.2, -0.15) is 0 Å². The van der Waals surface area contributed by atoms with Gasteiger partial charge in [0.05, 0.1) is 7.11 Å². The molecule has 0 spiro atoms. The molecular formula is C37H39NO5. The van der Waals surface area contributed by atoms with Crippen molar-refractivity contribution in [2.24, 2.45) is 10.9 Å². The van der Waals surface area contributed by atoms with Crippen molar-refractivity contribution in [3.8, 4) is 11.5 Å². The molecule has 0 aromatic heterocycles. The van der Waals surface area contributed by atoms with Crippen molar-refractivity contribution in [2.45, 2.75) is 76.4 Å². The number of ether oxygens (including phenoxy) is 3. The predicted octanol–water partition coefficient (Wildman–Crippen LogP) is 7.73. The molecule has 3 atom stereocenters. The Bertz CT molecular complexity index is 1520. The van der Waals surface area contributed by atoms with Gasteiger partial charge < -0.3 is 14.2 Å². The summed E-state index contributed by atoms with van der Waals surface area (Å²) in [6.07, 6.45) is 6.01. The molecule has 6 heteroatoms. The molecule has 3 aromatic rings. The summed E-state index contributed by atoms with van der Waals surface area (Å²) in [7, 11) is 1.61. The lowest BCUT2D eigenvalue weighted by molar-refractivity contribution is -0.153. The summed E-state index contributed by atoms with van der Waals surface area (Å²) >= 11 is 0. The van der Waals surface area contributed by atoms with E-state index in [9.17, 15) is 9.59 Å². The molecule has 6 nitrogen and oxygen atoms in total. The molecule has 222 valence electrons. The zero-order valence-electron chi connectivity index (χ0n) is 25.0. The number of esters is 1. The van der Waals surface area contributed by atoms with Crippen molar-refractivity contribution in [3.05, 3.63) is 107 Å². The van der Waals surface area contributed by atoms with E-state index >= 15 is 0 Å². The highest BCUT2D eigenvalue weighted by Gasteiger charge is 2.45. The molecule has 0 saturated heterocycles. The highest BCUT2D eigenvalue weighted by atomic mass is 16.5. The Morgan fingerprint density at radius 2 is 1.58 bits per heavy atom. The fourth-order valence-corrected chi connectivity index (χ4v) is 6.84. The molecule has 0 N–H and O–H groups in total. The number of ketones is 1. The molecule has 0 radical (unpaired) electrons. The quantitative estimate of drug-likeness (QED) is 0.256. The standard InChI is InChI=1S/C37H39NO5/c1-24-34(37(40)43-29-16-10-5-11-17-29)35(36-30(38-24)20-28(21-31(36)39)26-14-8-4-9-15-26)27-18-19-32(33(22-27)41-2)42-23-25-12-6-3-7-13-25/h3-4,6-9,12-15,18-19,22,28-29,34-35H,5,10-11,16-17,20-21,23H2,1-2H3/t28-,34?,35-/m1/s1. The van der Waals surface area contributed by atoms with Crippen LogP contribution in [0, 0.1) is 5.92 Å². The van der Waals surface area contributed by atoms with E-state index in [2.05, 4.69) is 12.1 Å². The van der Waals surface area contributed by atoms with Gasteiger partial charge in [-0.1, -0.05) is 73.2 Å². The van der Waals surface area contributed by atoms with E-state index < -0.39 is 11.8 Å². The van der Waals surface area contributed by atoms with Gasteiger partial charge in [-0.15, -0.1) is 0 Å². The van der Waals surface area contributed by atoms with Crippen molar-refractivity contribution in [1.82, 2.24) is 0 Å². The first-order chi connectivity index (χ1) is 21.0. The van der Waals surface area contributed by atoms with Gasteiger partial charge in [0.15, 0.2) is 17.3 Å². The molecular weight excluding hydrogens is 538 g/mol. The summed E-state index contributed by atoms with van der Waals surface area (Å²) in [5.74, 6) is -0.241. The maximum Gasteiger partial charge on any atom is 0.315 e. The normalized spacial score (nSPS) is 22.4. The van der Waals surface area contributed by atoms with Crippen LogP contribution in [-0.2, 0) is 20.9 Å². The number of carbonyl (C=O) groups excluding carboxylic acids is 2. The number of methoxy groups -OCH3 is 1. The summed E-state index contributed by atoms with van der Waals surface area (Å²) in [6, 6.07) is 25.8. The first-order valence-electron chi connectivity index (χ1n) is 15.4. The van der Waals surface area contributed by atoms with Crippen LogP contribution in [0.4, 0.5) is 0 Å². The van der Waals surface area contributed by atoms with Gasteiger partial charge in [0.25, 0.3) is 0 Å². The topological polar surface area (TPSA) is 74.2 Å². The predicted molar refractivity (Wildman–Crippen MR) is 167 cm³/mol. The van der Waals surface area contributed by atoms with Crippen LogP contribution in [-0.4, -0.2) is 30.7 Å². The van der Waals surface area contributed by atoms with Gasteiger partial charge in [-0.25, -0.2) is 0 Å². The Hall–Kier alpha value is -4.19. The maximum atomic E-state index is 14.0. The molecule has 1 fully saturated rings. The number of rotatable bonds is 8. The van der Waals surface area contributed by atoms with Crippen molar-refractivity contribution in [2.75, 3.05) is 7.11 Å². The van der Waals surface area contributed by atoms with E-state index in [1.165, 1.54) is 6.42 Å². The zero-order chi connectivity index (χ0) is 29.8. The number of Topliss-reactive ketones (excluding diaryl/α,β-unsaturated/α-hetero) is 1. The number of aliphatic imine (C=N–C) groups is 1. The van der Waals surface area contributed by atoms with E-state index in [1.807, 2.05) is 73.7 Å². The average Bonchev–Trinajstić information content (AvgIpc) is 3.04. The van der Waals surface area contributed by atoms with Crippen LogP contribution < -0.4 is 9.47 Å². The molecule has 6 rings (SSSR count). The minimum absolute atomic E-state index is 0.0372. The third kappa shape index (κ3) is 6.29. The van der Waals surface area contributed by atoms with E-state index in [0.717, 1.165) is 48.1 Å². The molecule has 2 aliphatic carbocycles. The number of benzene rings is 3. The Kier molecular flexibility index (Phi) is 8.73. The number of allylic oxidation sites excluding steroid dienone is 2. The molecule has 43 heavy (non-hydrogen) atoms. The van der Waals surface area contributed by atoms with Crippen LogP contribution in [0.15, 0.2) is 95.1 Å². The van der Waals surface area contributed by atoms with Crippen molar-refractivity contribution in [3.63, 3.8) is 0 Å². The minimum atomic E-state index is -0.682. The number of hydrogen-bond acceptors (Lipinski definition) is 6. The fourth-order valence-electron chi connectivity index (χ4n) is 6.84. The second kappa shape index (κ2) is 13.0. The zero-order valence-corrected chi connectivity index (χ0v) is 25.0. The minimum Gasteiger partial charge on any atom is -0.493 e.